The molecule has 10 nitrogen and oxygen atoms in total. The highest BCUT2D eigenvalue weighted by Crippen LogP contribution is 2.30. The highest BCUT2D eigenvalue weighted by molar-refractivity contribution is 5.68. The zero-order valence-corrected chi connectivity index (χ0v) is 17.8. The Kier molecular flexibility index (Phi) is 8.95. The van der Waals surface area contributed by atoms with Crippen molar-refractivity contribution in [2.45, 2.75) is 65.0 Å². The van der Waals surface area contributed by atoms with Crippen LogP contribution < -0.4 is 0 Å². The van der Waals surface area contributed by atoms with E-state index in [9.17, 15) is 19.2 Å². The number of ether oxygens (including phenoxy) is 6. The standard InChI is InChI=1S/C21H26O10/c1-12(22)26-11-17-18(28-13(2)23)19(29-14(3)24)20(21(31-17)30-15(4)25)27-10-16-8-6-5-7-9-16/h5-9,17-21H,10-11H2,1-4H3/t17-,18+,19+,20-,21+/m1/s1. The molecule has 0 spiro atoms. The highest BCUT2D eigenvalue weighted by Gasteiger charge is 2.52. The Morgan fingerprint density at radius 1 is 0.774 bits per heavy atom. The Bertz CT molecular complexity index is 778. The molecule has 0 aromatic heterocycles. The van der Waals surface area contributed by atoms with Crippen molar-refractivity contribution in [3.05, 3.63) is 35.9 Å². The minimum atomic E-state index is -1.31. The highest BCUT2D eigenvalue weighted by atomic mass is 16.7. The molecule has 0 bridgehead atoms. The molecule has 0 saturated carbocycles. The summed E-state index contributed by atoms with van der Waals surface area (Å²) in [5.74, 6) is -2.62. The lowest BCUT2D eigenvalue weighted by Crippen LogP contribution is -2.62. The second-order valence-corrected chi connectivity index (χ2v) is 6.86. The Morgan fingerprint density at radius 3 is 1.90 bits per heavy atom. The van der Waals surface area contributed by atoms with E-state index in [0.717, 1.165) is 5.56 Å². The van der Waals surface area contributed by atoms with E-state index in [1.165, 1.54) is 27.7 Å². The minimum absolute atomic E-state index is 0.0752. The van der Waals surface area contributed by atoms with Gasteiger partial charge < -0.3 is 28.4 Å². The van der Waals surface area contributed by atoms with Crippen molar-refractivity contribution in [1.29, 1.82) is 0 Å². The molecule has 31 heavy (non-hydrogen) atoms. The van der Waals surface area contributed by atoms with Crippen LogP contribution in [0.4, 0.5) is 0 Å². The van der Waals surface area contributed by atoms with Gasteiger partial charge in [-0.3, -0.25) is 19.2 Å². The van der Waals surface area contributed by atoms with Crippen LogP contribution in [-0.4, -0.2) is 61.2 Å². The predicted octanol–water partition coefficient (Wildman–Crippen LogP) is 1.29. The third kappa shape index (κ3) is 7.65. The molecular weight excluding hydrogens is 412 g/mol. The van der Waals surface area contributed by atoms with Crippen LogP contribution in [-0.2, 0) is 54.2 Å². The maximum atomic E-state index is 11.8. The van der Waals surface area contributed by atoms with Gasteiger partial charge in [-0.25, -0.2) is 0 Å². The summed E-state index contributed by atoms with van der Waals surface area (Å²) in [5.41, 5.74) is 0.803. The van der Waals surface area contributed by atoms with Gasteiger partial charge in [0.15, 0.2) is 18.3 Å². The lowest BCUT2D eigenvalue weighted by molar-refractivity contribution is -0.307. The molecule has 1 aliphatic heterocycles. The molecular formula is C21H26O10. The van der Waals surface area contributed by atoms with E-state index in [1.807, 2.05) is 30.3 Å². The third-order valence-electron chi connectivity index (χ3n) is 4.21. The van der Waals surface area contributed by atoms with Gasteiger partial charge in [-0.05, 0) is 5.56 Å². The summed E-state index contributed by atoms with van der Waals surface area (Å²) < 4.78 is 32.6. The van der Waals surface area contributed by atoms with Crippen LogP contribution in [0.25, 0.3) is 0 Å². The van der Waals surface area contributed by atoms with Crippen LogP contribution in [0, 0.1) is 0 Å². The summed E-state index contributed by atoms with van der Waals surface area (Å²) >= 11 is 0. The van der Waals surface area contributed by atoms with Crippen molar-refractivity contribution in [2.24, 2.45) is 0 Å². The van der Waals surface area contributed by atoms with Crippen molar-refractivity contribution in [3.63, 3.8) is 0 Å². The molecule has 0 N–H and O–H groups in total. The van der Waals surface area contributed by atoms with Crippen LogP contribution in [0.1, 0.15) is 33.3 Å². The van der Waals surface area contributed by atoms with Crippen LogP contribution >= 0.6 is 0 Å². The molecule has 10 heteroatoms. The smallest absolute Gasteiger partial charge is 0.305 e. The molecule has 1 aliphatic rings. The van der Waals surface area contributed by atoms with E-state index >= 15 is 0 Å². The SMILES string of the molecule is CC(=O)OC[C@H]1O[C@H](OC(C)=O)[C@H](OCc2ccccc2)[C@@H](OC(C)=O)[C@H]1OC(C)=O. The van der Waals surface area contributed by atoms with Crippen LogP contribution in [0.5, 0.6) is 0 Å². The Labute approximate surface area is 179 Å². The first-order valence-corrected chi connectivity index (χ1v) is 9.63. The monoisotopic (exact) mass is 438 g/mol. The Hall–Kier alpha value is -2.98. The molecule has 1 aromatic carbocycles. The zero-order valence-electron chi connectivity index (χ0n) is 17.8. The number of esters is 4. The van der Waals surface area contributed by atoms with Gasteiger partial charge in [0.2, 0.25) is 6.29 Å². The lowest BCUT2D eigenvalue weighted by Gasteiger charge is -2.44. The lowest BCUT2D eigenvalue weighted by atomic mass is 9.98. The van der Waals surface area contributed by atoms with Crippen molar-refractivity contribution in [2.75, 3.05) is 6.61 Å². The molecule has 1 saturated heterocycles. The molecule has 0 amide bonds. The van der Waals surface area contributed by atoms with E-state index in [0.29, 0.717) is 0 Å². The van der Waals surface area contributed by atoms with Crippen molar-refractivity contribution < 1.29 is 47.6 Å². The Balaban J connectivity index is 2.36. The molecule has 0 radical (unpaired) electrons. The first-order valence-electron chi connectivity index (χ1n) is 9.63. The average Bonchev–Trinajstić information content (AvgIpc) is 2.67. The molecule has 2 rings (SSSR count). The van der Waals surface area contributed by atoms with Crippen molar-refractivity contribution in [3.8, 4) is 0 Å². The van der Waals surface area contributed by atoms with Gasteiger partial charge in [0.05, 0.1) is 6.61 Å². The van der Waals surface area contributed by atoms with Crippen LogP contribution in [0.15, 0.2) is 30.3 Å². The molecule has 170 valence electrons. The molecule has 5 atom stereocenters. The Morgan fingerprint density at radius 2 is 1.35 bits per heavy atom. The van der Waals surface area contributed by atoms with Crippen LogP contribution in [0.2, 0.25) is 0 Å². The summed E-state index contributed by atoms with van der Waals surface area (Å²) in [7, 11) is 0. The molecule has 1 fully saturated rings. The number of hydrogen-bond donors (Lipinski definition) is 0. The van der Waals surface area contributed by atoms with Gasteiger partial charge in [0.25, 0.3) is 0 Å². The number of benzene rings is 1. The first-order chi connectivity index (χ1) is 14.7. The maximum Gasteiger partial charge on any atom is 0.305 e. The van der Waals surface area contributed by atoms with Gasteiger partial charge >= 0.3 is 23.9 Å². The van der Waals surface area contributed by atoms with E-state index < -0.39 is 54.6 Å². The fourth-order valence-electron chi connectivity index (χ4n) is 3.07. The van der Waals surface area contributed by atoms with Gasteiger partial charge in [-0.15, -0.1) is 0 Å². The molecule has 1 aromatic rings. The zero-order chi connectivity index (χ0) is 23.0. The number of carbonyl (C=O) groups is 4. The van der Waals surface area contributed by atoms with Crippen LogP contribution in [0.3, 0.4) is 0 Å². The predicted molar refractivity (Wildman–Crippen MR) is 103 cm³/mol. The normalized spacial score (nSPS) is 25.2. The molecule has 0 unspecified atom stereocenters. The van der Waals surface area contributed by atoms with Gasteiger partial charge in [-0.1, -0.05) is 30.3 Å². The quantitative estimate of drug-likeness (QED) is 0.433. The van der Waals surface area contributed by atoms with Gasteiger partial charge in [0.1, 0.15) is 12.7 Å². The number of hydrogen-bond acceptors (Lipinski definition) is 10. The van der Waals surface area contributed by atoms with E-state index in [1.54, 1.807) is 0 Å². The van der Waals surface area contributed by atoms with E-state index in [-0.39, 0.29) is 13.2 Å². The van der Waals surface area contributed by atoms with Crippen molar-refractivity contribution >= 4 is 23.9 Å². The minimum Gasteiger partial charge on any atom is -0.463 e. The molecule has 0 aliphatic carbocycles. The van der Waals surface area contributed by atoms with E-state index in [4.69, 9.17) is 28.4 Å². The second-order valence-electron chi connectivity index (χ2n) is 6.86. The summed E-state index contributed by atoms with van der Waals surface area (Å²) in [6.07, 6.45) is -5.86. The summed E-state index contributed by atoms with van der Waals surface area (Å²) in [6.45, 7) is 4.47. The van der Waals surface area contributed by atoms with Gasteiger partial charge in [0, 0.05) is 27.7 Å². The topological polar surface area (TPSA) is 124 Å². The first kappa shape index (κ1) is 24.3. The largest absolute Gasteiger partial charge is 0.463 e. The average molecular weight is 438 g/mol. The summed E-state index contributed by atoms with van der Waals surface area (Å²) in [4.78, 5) is 46.5. The number of rotatable bonds is 8. The molecule has 1 heterocycles. The summed E-state index contributed by atoms with van der Waals surface area (Å²) in [6, 6.07) is 9.11. The number of carbonyl (C=O) groups excluding carboxylic acids is 4. The fraction of sp³-hybridized carbons (Fsp3) is 0.524. The van der Waals surface area contributed by atoms with Crippen molar-refractivity contribution in [1.82, 2.24) is 0 Å². The third-order valence-corrected chi connectivity index (χ3v) is 4.21. The second kappa shape index (κ2) is 11.4. The maximum absolute atomic E-state index is 11.8. The van der Waals surface area contributed by atoms with E-state index in [2.05, 4.69) is 0 Å². The fourth-order valence-corrected chi connectivity index (χ4v) is 3.07. The summed E-state index contributed by atoms with van der Waals surface area (Å²) in [5, 5.41) is 0. The van der Waals surface area contributed by atoms with Gasteiger partial charge in [-0.2, -0.15) is 0 Å².